The first-order valence-electron chi connectivity index (χ1n) is 8.07. The van der Waals surface area contributed by atoms with E-state index in [0.717, 1.165) is 17.7 Å². The van der Waals surface area contributed by atoms with E-state index in [1.165, 1.54) is 0 Å². The molecule has 5 heteroatoms. The number of amides is 1. The van der Waals surface area contributed by atoms with Gasteiger partial charge in [0.1, 0.15) is 5.60 Å². The molecule has 1 aromatic rings. The lowest BCUT2D eigenvalue weighted by atomic mass is 10.1. The van der Waals surface area contributed by atoms with Crippen LogP contribution in [0.1, 0.15) is 46.1 Å². The van der Waals surface area contributed by atoms with Crippen molar-refractivity contribution in [3.63, 3.8) is 0 Å². The number of rotatable bonds is 4. The fourth-order valence-corrected chi connectivity index (χ4v) is 2.77. The van der Waals surface area contributed by atoms with E-state index in [2.05, 4.69) is 0 Å². The number of hydrogen-bond donors (Lipinski definition) is 0. The van der Waals surface area contributed by atoms with Crippen molar-refractivity contribution >= 4 is 17.7 Å². The van der Waals surface area contributed by atoms with Gasteiger partial charge in [-0.05, 0) is 52.2 Å². The molecule has 1 aromatic carbocycles. The molecule has 2 rings (SSSR count). The van der Waals surface area contributed by atoms with E-state index in [1.807, 2.05) is 45.0 Å². The number of carbonyl (C=O) groups is 2. The standard InChI is InChI=1S/C18H25NO4/c1-5-22-16(20)11-10-14-12-13-8-6-7-9-15(13)19(14)17(21)23-18(2,3)4/h6-9,14H,5,10-12H2,1-4H3. The van der Waals surface area contributed by atoms with Crippen LogP contribution in [0.5, 0.6) is 0 Å². The van der Waals surface area contributed by atoms with Crippen LogP contribution in [0.15, 0.2) is 24.3 Å². The highest BCUT2D eigenvalue weighted by Crippen LogP contribution is 2.35. The molecule has 1 heterocycles. The summed E-state index contributed by atoms with van der Waals surface area (Å²) >= 11 is 0. The van der Waals surface area contributed by atoms with Crippen molar-refractivity contribution < 1.29 is 19.1 Å². The van der Waals surface area contributed by atoms with E-state index in [9.17, 15) is 9.59 Å². The lowest BCUT2D eigenvalue weighted by Crippen LogP contribution is -2.41. The van der Waals surface area contributed by atoms with Crippen LogP contribution in [0.25, 0.3) is 0 Å². The molecule has 0 aromatic heterocycles. The summed E-state index contributed by atoms with van der Waals surface area (Å²) in [5.74, 6) is -0.229. The van der Waals surface area contributed by atoms with Crippen molar-refractivity contribution in [3.8, 4) is 0 Å². The summed E-state index contributed by atoms with van der Waals surface area (Å²) in [5.41, 5.74) is 1.42. The summed E-state index contributed by atoms with van der Waals surface area (Å²) in [4.78, 5) is 25.9. The Kier molecular flexibility index (Phi) is 5.29. The van der Waals surface area contributed by atoms with Gasteiger partial charge < -0.3 is 9.47 Å². The third-order valence-corrected chi connectivity index (χ3v) is 3.65. The minimum absolute atomic E-state index is 0.0772. The van der Waals surface area contributed by atoms with Gasteiger partial charge in [0.15, 0.2) is 0 Å². The number of anilines is 1. The predicted octanol–water partition coefficient (Wildman–Crippen LogP) is 3.70. The second kappa shape index (κ2) is 7.02. The molecule has 23 heavy (non-hydrogen) atoms. The Hall–Kier alpha value is -2.04. The van der Waals surface area contributed by atoms with E-state index in [0.29, 0.717) is 19.4 Å². The Bertz CT molecular complexity index is 577. The highest BCUT2D eigenvalue weighted by molar-refractivity contribution is 5.91. The Labute approximate surface area is 137 Å². The molecule has 1 aliphatic rings. The summed E-state index contributed by atoms with van der Waals surface area (Å²) in [6.45, 7) is 7.71. The van der Waals surface area contributed by atoms with E-state index in [1.54, 1.807) is 11.8 Å². The maximum atomic E-state index is 12.6. The first-order chi connectivity index (χ1) is 10.8. The third-order valence-electron chi connectivity index (χ3n) is 3.65. The molecule has 0 saturated carbocycles. The fraction of sp³-hybridized carbons (Fsp3) is 0.556. The van der Waals surface area contributed by atoms with Crippen LogP contribution in [0.2, 0.25) is 0 Å². The van der Waals surface area contributed by atoms with Gasteiger partial charge in [-0.3, -0.25) is 9.69 Å². The first-order valence-corrected chi connectivity index (χ1v) is 8.07. The summed E-state index contributed by atoms with van der Waals surface area (Å²) in [7, 11) is 0. The molecule has 0 fully saturated rings. The van der Waals surface area contributed by atoms with E-state index < -0.39 is 5.60 Å². The normalized spacial score (nSPS) is 16.9. The van der Waals surface area contributed by atoms with Gasteiger partial charge in [-0.1, -0.05) is 18.2 Å². The largest absolute Gasteiger partial charge is 0.466 e. The monoisotopic (exact) mass is 319 g/mol. The summed E-state index contributed by atoms with van der Waals surface area (Å²) < 4.78 is 10.5. The molecule has 1 amide bonds. The van der Waals surface area contributed by atoms with Crippen molar-refractivity contribution in [2.24, 2.45) is 0 Å². The molecule has 0 N–H and O–H groups in total. The SMILES string of the molecule is CCOC(=O)CCC1Cc2ccccc2N1C(=O)OC(C)(C)C. The number of benzene rings is 1. The Morgan fingerprint density at radius 1 is 1.26 bits per heavy atom. The van der Waals surface area contributed by atoms with Crippen LogP contribution in [0, 0.1) is 0 Å². The zero-order valence-corrected chi connectivity index (χ0v) is 14.3. The van der Waals surface area contributed by atoms with Gasteiger partial charge in [0.2, 0.25) is 0 Å². The van der Waals surface area contributed by atoms with Gasteiger partial charge in [-0.2, -0.15) is 0 Å². The molecule has 0 radical (unpaired) electrons. The lowest BCUT2D eigenvalue weighted by Gasteiger charge is -2.29. The van der Waals surface area contributed by atoms with Gasteiger partial charge in [0.25, 0.3) is 0 Å². The van der Waals surface area contributed by atoms with Gasteiger partial charge in [0, 0.05) is 12.5 Å². The molecule has 1 atom stereocenters. The van der Waals surface area contributed by atoms with E-state index in [4.69, 9.17) is 9.47 Å². The number of para-hydroxylation sites is 1. The van der Waals surface area contributed by atoms with E-state index >= 15 is 0 Å². The molecule has 5 nitrogen and oxygen atoms in total. The fourth-order valence-electron chi connectivity index (χ4n) is 2.77. The van der Waals surface area contributed by atoms with Gasteiger partial charge >= 0.3 is 12.1 Å². The van der Waals surface area contributed by atoms with Crippen LogP contribution in [0.4, 0.5) is 10.5 Å². The minimum Gasteiger partial charge on any atom is -0.466 e. The number of nitrogens with zero attached hydrogens (tertiary/aromatic N) is 1. The highest BCUT2D eigenvalue weighted by Gasteiger charge is 2.36. The quantitative estimate of drug-likeness (QED) is 0.794. The number of esters is 1. The van der Waals surface area contributed by atoms with Gasteiger partial charge in [-0.25, -0.2) is 4.79 Å². The molecule has 126 valence electrons. The van der Waals surface area contributed by atoms with Gasteiger partial charge in [0.05, 0.1) is 12.3 Å². The maximum Gasteiger partial charge on any atom is 0.415 e. The molecule has 0 bridgehead atoms. The van der Waals surface area contributed by atoms with Crippen LogP contribution >= 0.6 is 0 Å². The Morgan fingerprint density at radius 3 is 2.61 bits per heavy atom. The Morgan fingerprint density at radius 2 is 1.96 bits per heavy atom. The summed E-state index contributed by atoms with van der Waals surface area (Å²) in [6, 6.07) is 7.72. The molecular formula is C18H25NO4. The zero-order chi connectivity index (χ0) is 17.0. The van der Waals surface area contributed by atoms with Crippen LogP contribution in [0.3, 0.4) is 0 Å². The zero-order valence-electron chi connectivity index (χ0n) is 14.3. The molecular weight excluding hydrogens is 294 g/mol. The maximum absolute atomic E-state index is 12.6. The van der Waals surface area contributed by atoms with Crippen LogP contribution in [-0.4, -0.2) is 30.3 Å². The van der Waals surface area contributed by atoms with Crippen molar-refractivity contribution in [2.45, 2.75) is 58.6 Å². The number of carbonyl (C=O) groups excluding carboxylic acids is 2. The lowest BCUT2D eigenvalue weighted by molar-refractivity contribution is -0.143. The molecule has 1 aliphatic heterocycles. The smallest absolute Gasteiger partial charge is 0.415 e. The minimum atomic E-state index is -0.555. The number of hydrogen-bond acceptors (Lipinski definition) is 4. The van der Waals surface area contributed by atoms with Crippen LogP contribution < -0.4 is 4.90 Å². The second-order valence-corrected chi connectivity index (χ2v) is 6.68. The van der Waals surface area contributed by atoms with Crippen molar-refractivity contribution in [3.05, 3.63) is 29.8 Å². The van der Waals surface area contributed by atoms with E-state index in [-0.39, 0.29) is 18.1 Å². The number of fused-ring (bicyclic) bond motifs is 1. The van der Waals surface area contributed by atoms with Crippen molar-refractivity contribution in [2.75, 3.05) is 11.5 Å². The third kappa shape index (κ3) is 4.47. The van der Waals surface area contributed by atoms with Crippen LogP contribution in [-0.2, 0) is 20.7 Å². The van der Waals surface area contributed by atoms with Gasteiger partial charge in [-0.15, -0.1) is 0 Å². The molecule has 0 spiro atoms. The summed E-state index contributed by atoms with van der Waals surface area (Å²) in [5, 5.41) is 0. The topological polar surface area (TPSA) is 55.8 Å². The Balaban J connectivity index is 2.14. The molecule has 0 saturated heterocycles. The average Bonchev–Trinajstić information content (AvgIpc) is 2.82. The van der Waals surface area contributed by atoms with Crippen molar-refractivity contribution in [1.82, 2.24) is 0 Å². The second-order valence-electron chi connectivity index (χ2n) is 6.68. The highest BCUT2D eigenvalue weighted by atomic mass is 16.6. The molecule has 0 aliphatic carbocycles. The summed E-state index contributed by atoms with van der Waals surface area (Å²) in [6.07, 6.45) is 1.23. The first kappa shape index (κ1) is 17.3. The average molecular weight is 319 g/mol. The molecule has 1 unspecified atom stereocenters. The van der Waals surface area contributed by atoms with Crippen molar-refractivity contribution in [1.29, 1.82) is 0 Å². The number of ether oxygens (including phenoxy) is 2. The predicted molar refractivity (Wildman–Crippen MR) is 88.5 cm³/mol.